The maximum atomic E-state index is 13.1. The number of piperidine rings is 1. The number of rotatable bonds is 8. The maximum absolute atomic E-state index is 13.1. The number of nitrogens with one attached hydrogen (secondary N) is 2. The largest absolute Gasteiger partial charge is 0.350 e. The van der Waals surface area contributed by atoms with Gasteiger partial charge in [-0.05, 0) is 60.7 Å². The highest BCUT2D eigenvalue weighted by molar-refractivity contribution is 7.89. The molecule has 1 aromatic heterocycles. The molecule has 2 heterocycles. The van der Waals surface area contributed by atoms with E-state index in [1.807, 2.05) is 13.8 Å². The van der Waals surface area contributed by atoms with Gasteiger partial charge < -0.3 is 10.6 Å². The van der Waals surface area contributed by atoms with Gasteiger partial charge in [-0.1, -0.05) is 13.8 Å². The van der Waals surface area contributed by atoms with Crippen LogP contribution in [-0.4, -0.2) is 48.7 Å². The highest BCUT2D eigenvalue weighted by Crippen LogP contribution is 2.24. The predicted molar refractivity (Wildman–Crippen MR) is 121 cm³/mol. The van der Waals surface area contributed by atoms with Gasteiger partial charge in [-0.25, -0.2) is 12.8 Å². The van der Waals surface area contributed by atoms with Crippen LogP contribution < -0.4 is 10.6 Å². The molecule has 2 N–H and O–H groups in total. The van der Waals surface area contributed by atoms with E-state index in [1.165, 1.54) is 16.4 Å². The van der Waals surface area contributed by atoms with E-state index in [4.69, 9.17) is 0 Å². The minimum absolute atomic E-state index is 0.0255. The second-order valence-electron chi connectivity index (χ2n) is 8.44. The molecule has 0 aliphatic carbocycles. The Bertz CT molecular complexity index is 1050. The third kappa shape index (κ3) is 6.35. The lowest BCUT2D eigenvalue weighted by Gasteiger charge is -2.32. The van der Waals surface area contributed by atoms with E-state index in [0.717, 1.165) is 17.7 Å². The van der Waals surface area contributed by atoms with Gasteiger partial charge in [0, 0.05) is 37.9 Å². The van der Waals surface area contributed by atoms with E-state index in [-0.39, 0.29) is 41.6 Å². The Labute approximate surface area is 193 Å². The molecule has 33 heavy (non-hydrogen) atoms. The van der Waals surface area contributed by atoms with Crippen LogP contribution in [0.1, 0.15) is 32.3 Å². The fourth-order valence-electron chi connectivity index (χ4n) is 3.72. The monoisotopic (exact) mass is 476 g/mol. The molecule has 1 atom stereocenters. The Balaban J connectivity index is 1.55. The average Bonchev–Trinajstić information content (AvgIpc) is 2.81. The lowest BCUT2D eigenvalue weighted by molar-refractivity contribution is -0.132. The second-order valence-corrected chi connectivity index (χ2v) is 10.4. The summed E-state index contributed by atoms with van der Waals surface area (Å²) in [6.45, 7) is 4.40. The summed E-state index contributed by atoms with van der Waals surface area (Å²) >= 11 is 0. The third-order valence-corrected chi connectivity index (χ3v) is 7.65. The Kier molecular flexibility index (Phi) is 8.15. The topological polar surface area (TPSA) is 108 Å². The van der Waals surface area contributed by atoms with Gasteiger partial charge in [0.15, 0.2) is 0 Å². The SMILES string of the molecule is CC(C)[C@@H](NC(=O)C1CCN(S(=O)(=O)c2ccc(F)cc2)CC1)C(=O)NCc1ccncc1. The summed E-state index contributed by atoms with van der Waals surface area (Å²) in [5.74, 6) is -1.55. The number of nitrogens with zero attached hydrogens (tertiary/aromatic N) is 2. The van der Waals surface area contributed by atoms with Gasteiger partial charge in [-0.2, -0.15) is 4.31 Å². The molecule has 8 nitrogen and oxygen atoms in total. The van der Waals surface area contributed by atoms with Crippen LogP contribution in [0.3, 0.4) is 0 Å². The molecule has 1 fully saturated rings. The minimum atomic E-state index is -3.75. The number of pyridine rings is 1. The van der Waals surface area contributed by atoms with Crippen LogP contribution in [0.5, 0.6) is 0 Å². The van der Waals surface area contributed by atoms with Crippen molar-refractivity contribution in [3.63, 3.8) is 0 Å². The Hall–Kier alpha value is -2.85. The zero-order valence-electron chi connectivity index (χ0n) is 18.7. The highest BCUT2D eigenvalue weighted by atomic mass is 32.2. The summed E-state index contributed by atoms with van der Waals surface area (Å²) in [5.41, 5.74) is 0.905. The maximum Gasteiger partial charge on any atom is 0.243 e. The zero-order chi connectivity index (χ0) is 24.0. The summed E-state index contributed by atoms with van der Waals surface area (Å²) in [7, 11) is -3.75. The van der Waals surface area contributed by atoms with Gasteiger partial charge in [-0.15, -0.1) is 0 Å². The molecule has 1 saturated heterocycles. The molecule has 0 saturated carbocycles. The van der Waals surface area contributed by atoms with Crippen LogP contribution in [0.25, 0.3) is 0 Å². The van der Waals surface area contributed by atoms with Crippen LogP contribution in [-0.2, 0) is 26.2 Å². The fraction of sp³-hybridized carbons (Fsp3) is 0.435. The minimum Gasteiger partial charge on any atom is -0.350 e. The first-order valence-electron chi connectivity index (χ1n) is 10.9. The Morgan fingerprint density at radius 2 is 1.70 bits per heavy atom. The smallest absolute Gasteiger partial charge is 0.243 e. The third-order valence-electron chi connectivity index (χ3n) is 5.74. The van der Waals surface area contributed by atoms with Crippen molar-refractivity contribution in [2.45, 2.75) is 44.2 Å². The van der Waals surface area contributed by atoms with E-state index in [1.54, 1.807) is 24.5 Å². The molecule has 2 aromatic rings. The van der Waals surface area contributed by atoms with Crippen molar-refractivity contribution in [3.8, 4) is 0 Å². The van der Waals surface area contributed by atoms with Gasteiger partial charge in [0.2, 0.25) is 21.8 Å². The van der Waals surface area contributed by atoms with Crippen molar-refractivity contribution in [2.24, 2.45) is 11.8 Å². The summed E-state index contributed by atoms with van der Waals surface area (Å²) in [6.07, 6.45) is 3.98. The van der Waals surface area contributed by atoms with Gasteiger partial charge in [0.25, 0.3) is 0 Å². The number of hydrogen-bond donors (Lipinski definition) is 2. The molecule has 0 bridgehead atoms. The van der Waals surface area contributed by atoms with Crippen LogP contribution in [0.4, 0.5) is 4.39 Å². The average molecular weight is 477 g/mol. The number of sulfonamides is 1. The Morgan fingerprint density at radius 1 is 1.09 bits per heavy atom. The molecule has 3 rings (SSSR count). The lowest BCUT2D eigenvalue weighted by Crippen LogP contribution is -2.52. The summed E-state index contributed by atoms with van der Waals surface area (Å²) < 4.78 is 40.0. The van der Waals surface area contributed by atoms with Crippen LogP contribution >= 0.6 is 0 Å². The van der Waals surface area contributed by atoms with Gasteiger partial charge in [-0.3, -0.25) is 14.6 Å². The molecule has 178 valence electrons. The number of aromatic nitrogens is 1. The van der Waals surface area contributed by atoms with Gasteiger partial charge >= 0.3 is 0 Å². The standard InChI is InChI=1S/C23H29FN4O4S/c1-16(2)21(23(30)26-15-17-7-11-25-12-8-17)27-22(29)18-9-13-28(14-10-18)33(31,32)20-5-3-19(24)4-6-20/h3-8,11-12,16,18,21H,9-10,13-15H2,1-2H3,(H,26,30)(H,27,29)/t21-/m1/s1. The number of hydrogen-bond acceptors (Lipinski definition) is 5. The van der Waals surface area contributed by atoms with Gasteiger partial charge in [0.05, 0.1) is 4.90 Å². The molecular formula is C23H29FN4O4S. The number of amides is 2. The molecule has 0 radical (unpaired) electrons. The van der Waals surface area contributed by atoms with Gasteiger partial charge in [0.1, 0.15) is 11.9 Å². The molecule has 0 unspecified atom stereocenters. The normalized spacial score (nSPS) is 16.4. The molecule has 0 spiro atoms. The summed E-state index contributed by atoms with van der Waals surface area (Å²) in [4.78, 5) is 29.5. The van der Waals surface area contributed by atoms with Crippen molar-refractivity contribution in [3.05, 3.63) is 60.2 Å². The molecule has 1 aliphatic heterocycles. The van der Waals surface area contributed by atoms with E-state index in [9.17, 15) is 22.4 Å². The molecule has 1 aliphatic rings. The van der Waals surface area contributed by atoms with Crippen LogP contribution in [0.15, 0.2) is 53.7 Å². The van der Waals surface area contributed by atoms with Crippen LogP contribution in [0, 0.1) is 17.7 Å². The molecule has 10 heteroatoms. The second kappa shape index (κ2) is 10.8. The van der Waals surface area contributed by atoms with Crippen molar-refractivity contribution in [2.75, 3.05) is 13.1 Å². The van der Waals surface area contributed by atoms with Crippen molar-refractivity contribution in [1.82, 2.24) is 19.9 Å². The van der Waals surface area contributed by atoms with E-state index in [2.05, 4.69) is 15.6 Å². The Morgan fingerprint density at radius 3 is 2.27 bits per heavy atom. The van der Waals surface area contributed by atoms with Crippen molar-refractivity contribution >= 4 is 21.8 Å². The van der Waals surface area contributed by atoms with E-state index >= 15 is 0 Å². The first kappa shape index (κ1) is 24.8. The van der Waals surface area contributed by atoms with E-state index < -0.39 is 21.9 Å². The first-order valence-corrected chi connectivity index (χ1v) is 12.3. The molecular weight excluding hydrogens is 447 g/mol. The predicted octanol–water partition coefficient (Wildman–Crippen LogP) is 2.08. The van der Waals surface area contributed by atoms with E-state index in [0.29, 0.717) is 19.4 Å². The molecule has 1 aromatic carbocycles. The number of carbonyl (C=O) groups is 2. The fourth-order valence-corrected chi connectivity index (χ4v) is 5.19. The van der Waals surface area contributed by atoms with Crippen LogP contribution in [0.2, 0.25) is 0 Å². The summed E-state index contributed by atoms with van der Waals surface area (Å²) in [6, 6.07) is 7.61. The highest BCUT2D eigenvalue weighted by Gasteiger charge is 2.34. The lowest BCUT2D eigenvalue weighted by atomic mass is 9.95. The number of benzene rings is 1. The zero-order valence-corrected chi connectivity index (χ0v) is 19.5. The number of carbonyl (C=O) groups excluding carboxylic acids is 2. The van der Waals surface area contributed by atoms with Crippen molar-refractivity contribution < 1.29 is 22.4 Å². The molecule has 2 amide bonds. The quantitative estimate of drug-likeness (QED) is 0.607. The first-order chi connectivity index (χ1) is 15.7. The summed E-state index contributed by atoms with van der Waals surface area (Å²) in [5, 5.41) is 5.68. The number of halogens is 1. The van der Waals surface area contributed by atoms with Crippen molar-refractivity contribution in [1.29, 1.82) is 0 Å².